The van der Waals surface area contributed by atoms with Crippen LogP contribution in [0.15, 0.2) is 30.3 Å². The van der Waals surface area contributed by atoms with Crippen molar-refractivity contribution in [3.63, 3.8) is 0 Å². The fraction of sp³-hybridized carbons (Fsp3) is 0.529. The van der Waals surface area contributed by atoms with Crippen LogP contribution in [0.2, 0.25) is 0 Å². The molecule has 1 fully saturated rings. The zero-order valence-corrected chi connectivity index (χ0v) is 14.0. The number of carbonyl (C=O) groups is 2. The van der Waals surface area contributed by atoms with Crippen molar-refractivity contribution in [1.82, 2.24) is 10.2 Å². The lowest BCUT2D eigenvalue weighted by atomic mass is 10.0. The SMILES string of the molecule is CC(C)[C@H]1COC(=O)N1C(=O)CC(NCc1ccccc1)C(F)(F)F. The highest BCUT2D eigenvalue weighted by atomic mass is 19.4. The molecule has 1 saturated heterocycles. The van der Waals surface area contributed by atoms with E-state index in [-0.39, 0.29) is 19.1 Å². The van der Waals surface area contributed by atoms with Crippen LogP contribution >= 0.6 is 0 Å². The number of carbonyl (C=O) groups excluding carboxylic acids is 2. The number of nitrogens with one attached hydrogen (secondary N) is 1. The first-order chi connectivity index (χ1) is 11.7. The van der Waals surface area contributed by atoms with E-state index < -0.39 is 36.7 Å². The number of hydrogen-bond donors (Lipinski definition) is 1. The number of imide groups is 1. The molecule has 0 saturated carbocycles. The van der Waals surface area contributed by atoms with E-state index in [1.165, 1.54) is 0 Å². The van der Waals surface area contributed by atoms with E-state index in [0.717, 1.165) is 4.90 Å². The minimum Gasteiger partial charge on any atom is -0.447 e. The average molecular weight is 358 g/mol. The summed E-state index contributed by atoms with van der Waals surface area (Å²) in [5.41, 5.74) is 0.671. The van der Waals surface area contributed by atoms with Gasteiger partial charge in [-0.15, -0.1) is 0 Å². The van der Waals surface area contributed by atoms with Gasteiger partial charge in [-0.1, -0.05) is 44.2 Å². The molecule has 0 radical (unpaired) electrons. The molecule has 0 bridgehead atoms. The van der Waals surface area contributed by atoms with E-state index in [4.69, 9.17) is 4.74 Å². The van der Waals surface area contributed by atoms with E-state index in [1.54, 1.807) is 44.2 Å². The highest BCUT2D eigenvalue weighted by Gasteiger charge is 2.45. The second-order valence-corrected chi connectivity index (χ2v) is 6.32. The van der Waals surface area contributed by atoms with Crippen LogP contribution in [0.1, 0.15) is 25.8 Å². The Morgan fingerprint density at radius 2 is 1.96 bits per heavy atom. The number of cyclic esters (lactones) is 1. The van der Waals surface area contributed by atoms with Crippen molar-refractivity contribution < 1.29 is 27.5 Å². The molecule has 5 nitrogen and oxygen atoms in total. The molecule has 1 aromatic carbocycles. The summed E-state index contributed by atoms with van der Waals surface area (Å²) >= 11 is 0. The van der Waals surface area contributed by atoms with Gasteiger partial charge in [0.1, 0.15) is 12.6 Å². The molecule has 1 N–H and O–H groups in total. The minimum atomic E-state index is -4.61. The third kappa shape index (κ3) is 4.94. The summed E-state index contributed by atoms with van der Waals surface area (Å²) in [7, 11) is 0. The topological polar surface area (TPSA) is 58.6 Å². The first-order valence-corrected chi connectivity index (χ1v) is 8.03. The summed E-state index contributed by atoms with van der Waals surface area (Å²) in [6, 6.07) is 6.00. The molecule has 1 aliphatic heterocycles. The van der Waals surface area contributed by atoms with Gasteiger partial charge in [-0.2, -0.15) is 13.2 Å². The Morgan fingerprint density at radius 1 is 1.32 bits per heavy atom. The van der Waals surface area contributed by atoms with Gasteiger partial charge < -0.3 is 10.1 Å². The van der Waals surface area contributed by atoms with Gasteiger partial charge in [0.25, 0.3) is 0 Å². The Labute approximate surface area is 144 Å². The molecule has 2 atom stereocenters. The van der Waals surface area contributed by atoms with Crippen LogP contribution in [0.3, 0.4) is 0 Å². The maximum atomic E-state index is 13.3. The van der Waals surface area contributed by atoms with Crippen molar-refractivity contribution in [2.45, 2.75) is 45.1 Å². The number of ether oxygens (including phenoxy) is 1. The average Bonchev–Trinajstić information content (AvgIpc) is 2.93. The molecule has 2 rings (SSSR count). The molecule has 8 heteroatoms. The molecule has 0 aromatic heterocycles. The molecule has 0 aliphatic carbocycles. The van der Waals surface area contributed by atoms with E-state index in [1.807, 2.05) is 0 Å². The molecule has 1 heterocycles. The van der Waals surface area contributed by atoms with Crippen LogP contribution in [-0.4, -0.2) is 41.8 Å². The molecular formula is C17H21F3N2O3. The number of alkyl halides is 3. The molecule has 138 valence electrons. The van der Waals surface area contributed by atoms with Crippen LogP contribution < -0.4 is 5.32 Å². The van der Waals surface area contributed by atoms with Crippen LogP contribution in [0.4, 0.5) is 18.0 Å². The van der Waals surface area contributed by atoms with E-state index in [0.29, 0.717) is 5.56 Å². The number of benzene rings is 1. The Morgan fingerprint density at radius 3 is 2.52 bits per heavy atom. The Bertz CT molecular complexity index is 605. The zero-order chi connectivity index (χ0) is 18.6. The lowest BCUT2D eigenvalue weighted by molar-refractivity contribution is -0.164. The Balaban J connectivity index is 2.06. The number of nitrogens with zero attached hydrogens (tertiary/aromatic N) is 1. The molecule has 1 unspecified atom stereocenters. The predicted molar refractivity (Wildman–Crippen MR) is 84.6 cm³/mol. The zero-order valence-electron chi connectivity index (χ0n) is 14.0. The van der Waals surface area contributed by atoms with E-state index >= 15 is 0 Å². The predicted octanol–water partition coefficient (Wildman–Crippen LogP) is 3.10. The fourth-order valence-corrected chi connectivity index (χ4v) is 2.63. The highest BCUT2D eigenvalue weighted by molar-refractivity contribution is 5.93. The van der Waals surface area contributed by atoms with Gasteiger partial charge in [0.05, 0.1) is 12.5 Å². The van der Waals surface area contributed by atoms with Gasteiger partial charge in [0, 0.05) is 6.54 Å². The number of hydrogen-bond acceptors (Lipinski definition) is 4. The third-order valence-corrected chi connectivity index (χ3v) is 4.11. The van der Waals surface area contributed by atoms with Gasteiger partial charge in [0.15, 0.2) is 0 Å². The second-order valence-electron chi connectivity index (χ2n) is 6.32. The maximum absolute atomic E-state index is 13.3. The van der Waals surface area contributed by atoms with Crippen molar-refractivity contribution in [2.75, 3.05) is 6.61 Å². The van der Waals surface area contributed by atoms with Crippen LogP contribution in [0.25, 0.3) is 0 Å². The van der Waals surface area contributed by atoms with Gasteiger partial charge >= 0.3 is 12.3 Å². The van der Waals surface area contributed by atoms with Crippen molar-refractivity contribution in [3.05, 3.63) is 35.9 Å². The number of rotatable bonds is 6. The fourth-order valence-electron chi connectivity index (χ4n) is 2.63. The lowest BCUT2D eigenvalue weighted by Crippen LogP contribution is -2.49. The maximum Gasteiger partial charge on any atom is 0.416 e. The first-order valence-electron chi connectivity index (χ1n) is 8.03. The summed E-state index contributed by atoms with van der Waals surface area (Å²) in [4.78, 5) is 24.9. The summed E-state index contributed by atoms with van der Waals surface area (Å²) in [5.74, 6) is -0.985. The lowest BCUT2D eigenvalue weighted by Gasteiger charge is -2.26. The Hall–Kier alpha value is -2.09. The van der Waals surface area contributed by atoms with Gasteiger partial charge in [0.2, 0.25) is 5.91 Å². The molecule has 0 spiro atoms. The third-order valence-electron chi connectivity index (χ3n) is 4.11. The molecule has 25 heavy (non-hydrogen) atoms. The van der Waals surface area contributed by atoms with Gasteiger partial charge in [-0.05, 0) is 11.5 Å². The monoisotopic (exact) mass is 358 g/mol. The standard InChI is InChI=1S/C17H21F3N2O3/c1-11(2)13-10-25-16(24)22(13)15(23)8-14(17(18,19)20)21-9-12-6-4-3-5-7-12/h3-7,11,13-14,21H,8-10H2,1-2H3/t13-,14?/m1/s1. The highest BCUT2D eigenvalue weighted by Crippen LogP contribution is 2.26. The second kappa shape index (κ2) is 7.86. The van der Waals surface area contributed by atoms with E-state index in [2.05, 4.69) is 5.32 Å². The quantitative estimate of drug-likeness (QED) is 0.849. The molecule has 2 amide bonds. The summed E-state index contributed by atoms with van der Waals surface area (Å²) < 4.78 is 44.6. The summed E-state index contributed by atoms with van der Waals surface area (Å²) in [5, 5.41) is 2.36. The van der Waals surface area contributed by atoms with Crippen molar-refractivity contribution in [3.8, 4) is 0 Å². The van der Waals surface area contributed by atoms with Gasteiger partial charge in [-0.3, -0.25) is 4.79 Å². The first kappa shape index (κ1) is 19.2. The van der Waals surface area contributed by atoms with Crippen molar-refractivity contribution in [2.24, 2.45) is 5.92 Å². The molecule has 1 aromatic rings. The molecule has 1 aliphatic rings. The number of amides is 2. The van der Waals surface area contributed by atoms with Crippen molar-refractivity contribution in [1.29, 1.82) is 0 Å². The number of halogens is 3. The van der Waals surface area contributed by atoms with Crippen molar-refractivity contribution >= 4 is 12.0 Å². The van der Waals surface area contributed by atoms with Gasteiger partial charge in [-0.25, -0.2) is 9.69 Å². The Kier molecular flexibility index (Phi) is 6.05. The largest absolute Gasteiger partial charge is 0.447 e. The smallest absolute Gasteiger partial charge is 0.416 e. The summed E-state index contributed by atoms with van der Waals surface area (Å²) in [6.45, 7) is 3.54. The normalized spacial score (nSPS) is 19.2. The van der Waals surface area contributed by atoms with Crippen LogP contribution in [-0.2, 0) is 16.1 Å². The van der Waals surface area contributed by atoms with Crippen LogP contribution in [0.5, 0.6) is 0 Å². The molecular weight excluding hydrogens is 337 g/mol. The summed E-state index contributed by atoms with van der Waals surface area (Å²) in [6.07, 6.45) is -6.34. The van der Waals surface area contributed by atoms with Crippen LogP contribution in [0, 0.1) is 5.92 Å². The van der Waals surface area contributed by atoms with E-state index in [9.17, 15) is 22.8 Å². The minimum absolute atomic E-state index is 0.0103.